The fraction of sp³-hybridized carbons (Fsp3) is 0.364. The number of amides is 2. The van der Waals surface area contributed by atoms with Crippen molar-refractivity contribution in [3.05, 3.63) is 64.4 Å². The van der Waals surface area contributed by atoms with E-state index in [1.807, 2.05) is 24.3 Å². The molecule has 0 unspecified atom stereocenters. The van der Waals surface area contributed by atoms with Gasteiger partial charge in [0.25, 0.3) is 11.8 Å². The number of benzene rings is 2. The Morgan fingerprint density at radius 2 is 1.72 bits per heavy atom. The molecule has 152 valence electrons. The number of carbonyl (C=O) groups excluding carboxylic acids is 2. The van der Waals surface area contributed by atoms with Crippen molar-refractivity contribution in [2.45, 2.75) is 43.7 Å². The summed E-state index contributed by atoms with van der Waals surface area (Å²) in [5.74, 6) is -0.695. The Morgan fingerprint density at radius 3 is 2.34 bits per heavy atom. The molecule has 0 aliphatic heterocycles. The van der Waals surface area contributed by atoms with Crippen molar-refractivity contribution in [2.75, 3.05) is 6.61 Å². The quantitative estimate of drug-likeness (QED) is 0.724. The molecule has 5 rings (SSSR count). The second-order valence-corrected chi connectivity index (χ2v) is 8.42. The predicted octanol–water partition coefficient (Wildman–Crippen LogP) is 3.64. The lowest BCUT2D eigenvalue weighted by Crippen LogP contribution is -2.84. The zero-order chi connectivity index (χ0) is 20.6. The maximum absolute atomic E-state index is 13.4. The maximum Gasteiger partial charge on any atom is 0.258 e. The van der Waals surface area contributed by atoms with Gasteiger partial charge in [-0.15, -0.1) is 0 Å². The van der Waals surface area contributed by atoms with Gasteiger partial charge in [-0.2, -0.15) is 0 Å². The minimum atomic E-state index is -0.592. The first-order chi connectivity index (χ1) is 13.8. The van der Waals surface area contributed by atoms with Crippen molar-refractivity contribution in [2.24, 2.45) is 0 Å². The Bertz CT molecular complexity index is 941. The number of hydrogen-bond donors (Lipinski definition) is 2. The van der Waals surface area contributed by atoms with Crippen LogP contribution < -0.4 is 15.4 Å². The Hall–Kier alpha value is -2.60. The van der Waals surface area contributed by atoms with Crippen molar-refractivity contribution in [1.29, 1.82) is 0 Å². The summed E-state index contributed by atoms with van der Waals surface area (Å²) in [6.45, 7) is 1.87. The molecule has 2 aromatic rings. The van der Waals surface area contributed by atoms with Gasteiger partial charge in [0, 0.05) is 22.7 Å². The molecule has 3 fully saturated rings. The van der Waals surface area contributed by atoms with Crippen LogP contribution >= 0.6 is 11.6 Å². The van der Waals surface area contributed by atoms with Crippen LogP contribution in [0.5, 0.6) is 5.75 Å². The van der Waals surface area contributed by atoms with Gasteiger partial charge in [-0.1, -0.05) is 30.7 Å². The van der Waals surface area contributed by atoms with Crippen molar-refractivity contribution in [3.8, 4) is 5.75 Å². The van der Waals surface area contributed by atoms with Gasteiger partial charge >= 0.3 is 0 Å². The van der Waals surface area contributed by atoms with Gasteiger partial charge in [-0.05, 0) is 55.5 Å². The maximum atomic E-state index is 13.4. The number of hydrogen-bond acceptors (Lipinski definition) is 3. The standard InChI is InChI=1S/C22H22ClFN2O3/c1-2-14-3-5-15(6-4-14)20(28)26-22-11-21(12-22,13-22)25-19(27)10-29-16-7-8-17(23)18(24)9-16/h3-9H,2,10-13H2,1H3,(H,25,27)(H,26,28). The predicted molar refractivity (Wildman–Crippen MR) is 108 cm³/mol. The van der Waals surface area contributed by atoms with E-state index in [1.54, 1.807) is 0 Å². The van der Waals surface area contributed by atoms with E-state index in [0.717, 1.165) is 12.5 Å². The van der Waals surface area contributed by atoms with Crippen molar-refractivity contribution in [3.63, 3.8) is 0 Å². The number of rotatable bonds is 7. The molecule has 5 nitrogen and oxygen atoms in total. The van der Waals surface area contributed by atoms with Crippen LogP contribution in [0, 0.1) is 5.82 Å². The molecule has 29 heavy (non-hydrogen) atoms. The minimum absolute atomic E-state index is 0.00400. The molecule has 0 radical (unpaired) electrons. The Kier molecular flexibility index (Phi) is 4.99. The Labute approximate surface area is 173 Å². The molecular formula is C22H22ClFN2O3. The van der Waals surface area contributed by atoms with Crippen LogP contribution in [-0.4, -0.2) is 29.5 Å². The fourth-order valence-electron chi connectivity index (χ4n) is 4.31. The van der Waals surface area contributed by atoms with Gasteiger partial charge < -0.3 is 15.4 Å². The summed E-state index contributed by atoms with van der Waals surface area (Å²) in [5.41, 5.74) is 1.34. The van der Waals surface area contributed by atoms with Crippen molar-refractivity contribution < 1.29 is 18.7 Å². The normalized spacial score (nSPS) is 24.1. The molecule has 2 amide bonds. The molecule has 0 aromatic heterocycles. The van der Waals surface area contributed by atoms with Crippen LogP contribution in [-0.2, 0) is 11.2 Å². The SMILES string of the molecule is CCc1ccc(C(=O)NC23CC(NC(=O)COc4ccc(Cl)c(F)c4)(C2)C3)cc1. The van der Waals surface area contributed by atoms with Crippen molar-refractivity contribution in [1.82, 2.24) is 10.6 Å². The Balaban J connectivity index is 1.23. The van der Waals surface area contributed by atoms with E-state index in [2.05, 4.69) is 17.6 Å². The van der Waals surface area contributed by atoms with Crippen LogP contribution in [0.4, 0.5) is 4.39 Å². The van der Waals surface area contributed by atoms with Crippen LogP contribution in [0.1, 0.15) is 42.1 Å². The van der Waals surface area contributed by atoms with E-state index in [4.69, 9.17) is 16.3 Å². The molecule has 0 atom stereocenters. The molecule has 0 spiro atoms. The van der Waals surface area contributed by atoms with E-state index >= 15 is 0 Å². The Morgan fingerprint density at radius 1 is 1.07 bits per heavy atom. The molecule has 3 aliphatic rings. The third-order valence-electron chi connectivity index (χ3n) is 5.70. The summed E-state index contributed by atoms with van der Waals surface area (Å²) in [7, 11) is 0. The lowest BCUT2D eigenvalue weighted by Gasteiger charge is -2.70. The highest BCUT2D eigenvalue weighted by molar-refractivity contribution is 6.30. The molecule has 2 bridgehead atoms. The average Bonchev–Trinajstić information content (AvgIpc) is 2.66. The third-order valence-corrected chi connectivity index (χ3v) is 6.01. The topological polar surface area (TPSA) is 67.4 Å². The summed E-state index contributed by atoms with van der Waals surface area (Å²) in [4.78, 5) is 24.6. The van der Waals surface area contributed by atoms with Crippen molar-refractivity contribution >= 4 is 23.4 Å². The summed E-state index contributed by atoms with van der Waals surface area (Å²) in [6, 6.07) is 11.7. The fourth-order valence-corrected chi connectivity index (χ4v) is 4.42. The van der Waals surface area contributed by atoms with E-state index in [0.29, 0.717) is 24.8 Å². The molecular weight excluding hydrogens is 395 g/mol. The summed E-state index contributed by atoms with van der Waals surface area (Å²) in [5, 5.41) is 6.08. The van der Waals surface area contributed by atoms with Gasteiger partial charge in [0.05, 0.1) is 5.02 Å². The number of nitrogens with one attached hydrogen (secondary N) is 2. The van der Waals surface area contributed by atoms with Gasteiger partial charge in [0.2, 0.25) is 0 Å². The summed E-state index contributed by atoms with van der Waals surface area (Å²) < 4.78 is 18.7. The first-order valence-corrected chi connectivity index (χ1v) is 10.0. The van der Waals surface area contributed by atoms with Gasteiger partial charge in [0.1, 0.15) is 11.6 Å². The molecule has 3 aliphatic carbocycles. The van der Waals surface area contributed by atoms with Gasteiger partial charge in [0.15, 0.2) is 6.61 Å². The first kappa shape index (κ1) is 19.7. The van der Waals surface area contributed by atoms with Gasteiger partial charge in [-0.3, -0.25) is 9.59 Å². The smallest absolute Gasteiger partial charge is 0.258 e. The monoisotopic (exact) mass is 416 g/mol. The molecule has 2 aromatic carbocycles. The first-order valence-electron chi connectivity index (χ1n) is 9.62. The van der Waals surface area contributed by atoms with E-state index in [1.165, 1.54) is 17.7 Å². The highest BCUT2D eigenvalue weighted by Gasteiger charge is 2.69. The number of ether oxygens (including phenoxy) is 1. The average molecular weight is 417 g/mol. The molecule has 3 saturated carbocycles. The summed E-state index contributed by atoms with van der Waals surface area (Å²) in [6.07, 6.45) is 3.06. The van der Waals surface area contributed by atoms with E-state index in [-0.39, 0.29) is 40.3 Å². The highest BCUT2D eigenvalue weighted by atomic mass is 35.5. The van der Waals surface area contributed by atoms with Crippen LogP contribution in [0.3, 0.4) is 0 Å². The summed E-state index contributed by atoms with van der Waals surface area (Å²) >= 11 is 5.62. The third kappa shape index (κ3) is 3.94. The van der Waals surface area contributed by atoms with E-state index < -0.39 is 5.82 Å². The number of carbonyl (C=O) groups is 2. The van der Waals surface area contributed by atoms with E-state index in [9.17, 15) is 14.0 Å². The second kappa shape index (κ2) is 7.34. The molecule has 0 heterocycles. The zero-order valence-corrected chi connectivity index (χ0v) is 16.8. The van der Waals surface area contributed by atoms with Crippen LogP contribution in [0.25, 0.3) is 0 Å². The molecule has 0 saturated heterocycles. The molecule has 2 N–H and O–H groups in total. The number of halogens is 2. The lowest BCUT2D eigenvalue weighted by atomic mass is 9.44. The zero-order valence-electron chi connectivity index (χ0n) is 16.1. The van der Waals surface area contributed by atoms with Crippen LogP contribution in [0.15, 0.2) is 42.5 Å². The lowest BCUT2D eigenvalue weighted by molar-refractivity contribution is -0.141. The van der Waals surface area contributed by atoms with Gasteiger partial charge in [-0.25, -0.2) is 4.39 Å². The second-order valence-electron chi connectivity index (χ2n) is 8.01. The number of aryl methyl sites for hydroxylation is 1. The molecule has 7 heteroatoms. The minimum Gasteiger partial charge on any atom is -0.484 e. The largest absolute Gasteiger partial charge is 0.484 e. The highest BCUT2D eigenvalue weighted by Crippen LogP contribution is 2.60. The van der Waals surface area contributed by atoms with Crippen LogP contribution in [0.2, 0.25) is 5.02 Å².